The molecule has 0 bridgehead atoms. The van der Waals surface area contributed by atoms with E-state index < -0.39 is 0 Å². The third-order valence-electron chi connectivity index (χ3n) is 4.14. The van der Waals surface area contributed by atoms with Crippen molar-refractivity contribution in [2.45, 2.75) is 25.7 Å². The normalized spacial score (nSPS) is 13.7. The van der Waals surface area contributed by atoms with Gasteiger partial charge in [0.1, 0.15) is 9.71 Å². The number of nitrogens with zero attached hydrogens (tertiary/aromatic N) is 2. The number of nitrogen functional groups attached to an aromatic ring is 1. The summed E-state index contributed by atoms with van der Waals surface area (Å²) in [5, 5.41) is 3.75. The number of hydrogen-bond donors (Lipinski definition) is 2. The number of carbonyl (C=O) groups is 1. The number of aryl methyl sites for hydroxylation is 2. The van der Waals surface area contributed by atoms with Gasteiger partial charge in [0, 0.05) is 29.2 Å². The van der Waals surface area contributed by atoms with Gasteiger partial charge < -0.3 is 11.1 Å². The maximum atomic E-state index is 12.5. The second-order valence-electron chi connectivity index (χ2n) is 5.69. The lowest BCUT2D eigenvalue weighted by Gasteiger charge is -2.14. The SMILES string of the molecule is Nc1c(C(=O)Nc2ccncc2)sc2nc3c(cc12)CCCC3. The van der Waals surface area contributed by atoms with Crippen molar-refractivity contribution in [2.75, 3.05) is 11.1 Å². The molecule has 0 saturated carbocycles. The molecule has 6 heteroatoms. The lowest BCUT2D eigenvalue weighted by Crippen LogP contribution is -2.11. The van der Waals surface area contributed by atoms with Gasteiger partial charge in [-0.15, -0.1) is 11.3 Å². The summed E-state index contributed by atoms with van der Waals surface area (Å²) in [6, 6.07) is 5.61. The highest BCUT2D eigenvalue weighted by Crippen LogP contribution is 2.35. The van der Waals surface area contributed by atoms with Gasteiger partial charge >= 0.3 is 0 Å². The van der Waals surface area contributed by atoms with Crippen LogP contribution in [-0.4, -0.2) is 15.9 Å². The van der Waals surface area contributed by atoms with Crippen molar-refractivity contribution < 1.29 is 4.79 Å². The van der Waals surface area contributed by atoms with Crippen LogP contribution in [0.1, 0.15) is 33.8 Å². The average Bonchev–Trinajstić information content (AvgIpc) is 2.90. The Hall–Kier alpha value is -2.47. The Kier molecular flexibility index (Phi) is 3.46. The van der Waals surface area contributed by atoms with Crippen molar-refractivity contribution in [1.82, 2.24) is 9.97 Å². The molecule has 0 spiro atoms. The van der Waals surface area contributed by atoms with Crippen LogP contribution in [0.2, 0.25) is 0 Å². The molecular formula is C17H16N4OS. The number of carbonyl (C=O) groups excluding carboxylic acids is 1. The van der Waals surface area contributed by atoms with Crippen LogP contribution in [0.25, 0.3) is 10.2 Å². The first kappa shape index (κ1) is 14.1. The standard InChI is InChI=1S/C17H16N4OS/c18-14-12-9-10-3-1-2-4-13(10)21-17(12)23-15(14)16(22)20-11-5-7-19-8-6-11/h5-9H,1-4,18H2,(H,19,20,22). The number of nitrogens with one attached hydrogen (secondary N) is 1. The second-order valence-corrected chi connectivity index (χ2v) is 6.69. The largest absolute Gasteiger partial charge is 0.397 e. The number of hydrogen-bond acceptors (Lipinski definition) is 5. The number of fused-ring (bicyclic) bond motifs is 2. The molecule has 1 amide bonds. The molecule has 0 aromatic carbocycles. The highest BCUT2D eigenvalue weighted by molar-refractivity contribution is 7.21. The summed E-state index contributed by atoms with van der Waals surface area (Å²) in [4.78, 5) is 22.5. The van der Waals surface area contributed by atoms with E-state index >= 15 is 0 Å². The number of rotatable bonds is 2. The predicted molar refractivity (Wildman–Crippen MR) is 92.9 cm³/mol. The minimum atomic E-state index is -0.199. The summed E-state index contributed by atoms with van der Waals surface area (Å²) in [6.07, 6.45) is 7.72. The summed E-state index contributed by atoms with van der Waals surface area (Å²) < 4.78 is 0. The zero-order valence-corrected chi connectivity index (χ0v) is 13.3. The van der Waals surface area contributed by atoms with Gasteiger partial charge in [-0.3, -0.25) is 9.78 Å². The van der Waals surface area contributed by atoms with Crippen LogP contribution in [0.4, 0.5) is 11.4 Å². The van der Waals surface area contributed by atoms with Crippen LogP contribution in [-0.2, 0) is 12.8 Å². The maximum absolute atomic E-state index is 12.5. The van der Waals surface area contributed by atoms with Crippen molar-refractivity contribution in [3.05, 3.63) is 46.7 Å². The Morgan fingerprint density at radius 3 is 2.83 bits per heavy atom. The Morgan fingerprint density at radius 2 is 2.00 bits per heavy atom. The third-order valence-corrected chi connectivity index (χ3v) is 5.26. The number of pyridine rings is 2. The molecule has 0 saturated heterocycles. The smallest absolute Gasteiger partial charge is 0.267 e. The lowest BCUT2D eigenvalue weighted by atomic mass is 9.95. The van der Waals surface area contributed by atoms with Crippen molar-refractivity contribution >= 4 is 38.8 Å². The van der Waals surface area contributed by atoms with Gasteiger partial charge in [-0.05, 0) is 49.4 Å². The van der Waals surface area contributed by atoms with Crippen LogP contribution in [0.3, 0.4) is 0 Å². The van der Waals surface area contributed by atoms with Crippen molar-refractivity contribution in [3.63, 3.8) is 0 Å². The molecule has 0 radical (unpaired) electrons. The number of aromatic nitrogens is 2. The van der Waals surface area contributed by atoms with Crippen LogP contribution in [0.15, 0.2) is 30.6 Å². The number of amides is 1. The molecule has 1 aliphatic rings. The molecule has 0 unspecified atom stereocenters. The Morgan fingerprint density at radius 1 is 1.22 bits per heavy atom. The van der Waals surface area contributed by atoms with Gasteiger partial charge in [0.05, 0.1) is 5.69 Å². The predicted octanol–water partition coefficient (Wildman–Crippen LogP) is 3.40. The first-order chi connectivity index (χ1) is 11.2. The number of anilines is 2. The Labute approximate surface area is 137 Å². The molecule has 23 heavy (non-hydrogen) atoms. The third kappa shape index (κ3) is 2.55. The summed E-state index contributed by atoms with van der Waals surface area (Å²) in [6.45, 7) is 0. The van der Waals surface area contributed by atoms with Gasteiger partial charge in [-0.2, -0.15) is 0 Å². The molecule has 4 rings (SSSR count). The zero-order chi connectivity index (χ0) is 15.8. The first-order valence-electron chi connectivity index (χ1n) is 7.64. The molecule has 0 aliphatic heterocycles. The van der Waals surface area contributed by atoms with Crippen LogP contribution in [0.5, 0.6) is 0 Å². The topological polar surface area (TPSA) is 80.9 Å². The molecular weight excluding hydrogens is 308 g/mol. The van der Waals surface area contributed by atoms with E-state index in [2.05, 4.69) is 16.4 Å². The fourth-order valence-electron chi connectivity index (χ4n) is 2.95. The Bertz CT molecular complexity index is 888. The van der Waals surface area contributed by atoms with Gasteiger partial charge in [-0.25, -0.2) is 4.98 Å². The Balaban J connectivity index is 1.72. The monoisotopic (exact) mass is 324 g/mol. The summed E-state index contributed by atoms with van der Waals surface area (Å²) in [5.74, 6) is -0.199. The maximum Gasteiger partial charge on any atom is 0.267 e. The fraction of sp³-hybridized carbons (Fsp3) is 0.235. The summed E-state index contributed by atoms with van der Waals surface area (Å²) >= 11 is 1.36. The van der Waals surface area contributed by atoms with Crippen LogP contribution < -0.4 is 11.1 Å². The van der Waals surface area contributed by atoms with E-state index in [4.69, 9.17) is 10.7 Å². The molecule has 5 nitrogen and oxygen atoms in total. The van der Waals surface area contributed by atoms with E-state index in [0.29, 0.717) is 16.3 Å². The average molecular weight is 324 g/mol. The second kappa shape index (κ2) is 5.62. The minimum absolute atomic E-state index is 0.199. The van der Waals surface area contributed by atoms with E-state index in [-0.39, 0.29) is 5.91 Å². The number of nitrogens with two attached hydrogens (primary N) is 1. The van der Waals surface area contributed by atoms with Gasteiger partial charge in [0.15, 0.2) is 0 Å². The molecule has 3 heterocycles. The van der Waals surface area contributed by atoms with Crippen LogP contribution in [0, 0.1) is 0 Å². The quantitative estimate of drug-likeness (QED) is 0.757. The highest BCUT2D eigenvalue weighted by atomic mass is 32.1. The fourth-order valence-corrected chi connectivity index (χ4v) is 3.94. The molecule has 0 fully saturated rings. The molecule has 1 aliphatic carbocycles. The number of thiophene rings is 1. The zero-order valence-electron chi connectivity index (χ0n) is 12.5. The van der Waals surface area contributed by atoms with Gasteiger partial charge in [0.25, 0.3) is 5.91 Å². The van der Waals surface area contributed by atoms with Crippen molar-refractivity contribution in [1.29, 1.82) is 0 Å². The summed E-state index contributed by atoms with van der Waals surface area (Å²) in [5.41, 5.74) is 9.88. The molecule has 3 aromatic heterocycles. The van der Waals surface area contributed by atoms with Gasteiger partial charge in [-0.1, -0.05) is 0 Å². The van der Waals surface area contributed by atoms with E-state index in [1.54, 1.807) is 24.5 Å². The van der Waals surface area contributed by atoms with Crippen molar-refractivity contribution in [3.8, 4) is 0 Å². The van der Waals surface area contributed by atoms with E-state index in [9.17, 15) is 4.79 Å². The lowest BCUT2D eigenvalue weighted by molar-refractivity contribution is 0.103. The minimum Gasteiger partial charge on any atom is -0.397 e. The molecule has 0 atom stereocenters. The van der Waals surface area contributed by atoms with E-state index in [1.165, 1.54) is 29.7 Å². The molecule has 3 N–H and O–H groups in total. The van der Waals surface area contributed by atoms with Gasteiger partial charge in [0.2, 0.25) is 0 Å². The highest BCUT2D eigenvalue weighted by Gasteiger charge is 2.20. The van der Waals surface area contributed by atoms with E-state index in [1.807, 2.05) is 0 Å². The van der Waals surface area contributed by atoms with Crippen LogP contribution >= 0.6 is 11.3 Å². The van der Waals surface area contributed by atoms with E-state index in [0.717, 1.165) is 28.8 Å². The molecule has 116 valence electrons. The summed E-state index contributed by atoms with van der Waals surface area (Å²) in [7, 11) is 0. The van der Waals surface area contributed by atoms with Crippen molar-refractivity contribution in [2.24, 2.45) is 0 Å². The first-order valence-corrected chi connectivity index (χ1v) is 8.46. The molecule has 3 aromatic rings.